The molecule has 7 heteroatoms. The fourth-order valence-electron chi connectivity index (χ4n) is 5.70. The van der Waals surface area contributed by atoms with E-state index >= 15 is 0 Å². The highest BCUT2D eigenvalue weighted by molar-refractivity contribution is 5.98. The van der Waals surface area contributed by atoms with E-state index < -0.39 is 0 Å². The van der Waals surface area contributed by atoms with Gasteiger partial charge in [-0.05, 0) is 68.0 Å². The topological polar surface area (TPSA) is 89.6 Å². The van der Waals surface area contributed by atoms with E-state index in [1.54, 1.807) is 7.11 Å². The highest BCUT2D eigenvalue weighted by Crippen LogP contribution is 2.36. The number of benzene rings is 2. The van der Waals surface area contributed by atoms with E-state index in [9.17, 15) is 9.59 Å². The lowest BCUT2D eigenvalue weighted by atomic mass is 9.91. The van der Waals surface area contributed by atoms with Gasteiger partial charge in [0.2, 0.25) is 11.8 Å². The molecule has 202 valence electrons. The van der Waals surface area contributed by atoms with Gasteiger partial charge in [0.05, 0.1) is 0 Å². The fraction of sp³-hybridized carbons (Fsp3) is 0.419. The van der Waals surface area contributed by atoms with E-state index in [0.717, 1.165) is 51.1 Å². The van der Waals surface area contributed by atoms with Crippen molar-refractivity contribution in [2.24, 2.45) is 5.73 Å². The number of nitrogens with one attached hydrogen (secondary N) is 1. The van der Waals surface area contributed by atoms with Gasteiger partial charge in [-0.15, -0.1) is 0 Å². The summed E-state index contributed by atoms with van der Waals surface area (Å²) < 4.78 is 7.78. The van der Waals surface area contributed by atoms with Crippen molar-refractivity contribution in [1.82, 2.24) is 9.47 Å². The van der Waals surface area contributed by atoms with E-state index in [4.69, 9.17) is 10.5 Å². The molecule has 1 saturated heterocycles. The fourth-order valence-corrected chi connectivity index (χ4v) is 5.70. The highest BCUT2D eigenvalue weighted by atomic mass is 16.5. The molecule has 3 N–H and O–H groups in total. The quantitative estimate of drug-likeness (QED) is 0.284. The second kappa shape index (κ2) is 12.9. The van der Waals surface area contributed by atoms with Crippen LogP contribution in [0.3, 0.4) is 0 Å². The van der Waals surface area contributed by atoms with Crippen LogP contribution in [0.25, 0.3) is 10.9 Å². The zero-order valence-corrected chi connectivity index (χ0v) is 22.6. The van der Waals surface area contributed by atoms with Crippen LogP contribution in [0.5, 0.6) is 0 Å². The number of piperidine rings is 1. The third-order valence-electron chi connectivity index (χ3n) is 7.51. The normalized spacial score (nSPS) is 16.4. The summed E-state index contributed by atoms with van der Waals surface area (Å²) in [6.45, 7) is 8.82. The summed E-state index contributed by atoms with van der Waals surface area (Å²) in [6.07, 6.45) is 5.17. The number of fused-ring (bicyclic) bond motifs is 1. The maximum atomic E-state index is 13.3. The van der Waals surface area contributed by atoms with E-state index in [0.29, 0.717) is 24.4 Å². The molecule has 4 rings (SSSR count). The van der Waals surface area contributed by atoms with Crippen LogP contribution in [-0.2, 0) is 27.3 Å². The van der Waals surface area contributed by atoms with Gasteiger partial charge in [0.1, 0.15) is 0 Å². The van der Waals surface area contributed by atoms with E-state index in [1.807, 2.05) is 29.2 Å². The van der Waals surface area contributed by atoms with Crippen LogP contribution < -0.4 is 11.1 Å². The predicted molar refractivity (Wildman–Crippen MR) is 153 cm³/mol. The number of carbonyl (C=O) groups excluding carboxylic acids is 2. The molecule has 0 spiro atoms. The van der Waals surface area contributed by atoms with E-state index in [1.165, 1.54) is 28.2 Å². The van der Waals surface area contributed by atoms with Crippen LogP contribution in [0, 0.1) is 6.92 Å². The first kappa shape index (κ1) is 27.6. The Labute approximate surface area is 225 Å². The first-order valence-corrected chi connectivity index (χ1v) is 13.5. The van der Waals surface area contributed by atoms with Crippen molar-refractivity contribution in [2.45, 2.75) is 57.5 Å². The third-order valence-corrected chi connectivity index (χ3v) is 7.51. The van der Waals surface area contributed by atoms with Crippen LogP contribution >= 0.6 is 0 Å². The van der Waals surface area contributed by atoms with E-state index in [2.05, 4.69) is 47.7 Å². The summed E-state index contributed by atoms with van der Waals surface area (Å²) in [5.74, 6) is 0.180. The lowest BCUT2D eigenvalue weighted by Gasteiger charge is -2.34. The summed E-state index contributed by atoms with van der Waals surface area (Å²) in [4.78, 5) is 26.8. The molecule has 3 aromatic rings. The number of methoxy groups -OCH3 is 1. The zero-order valence-electron chi connectivity index (χ0n) is 22.6. The number of rotatable bonds is 11. The summed E-state index contributed by atoms with van der Waals surface area (Å²) >= 11 is 0. The van der Waals surface area contributed by atoms with Crippen molar-refractivity contribution in [3.63, 3.8) is 0 Å². The summed E-state index contributed by atoms with van der Waals surface area (Å²) in [6, 6.07) is 15.9. The van der Waals surface area contributed by atoms with Crippen LogP contribution in [-0.4, -0.2) is 54.1 Å². The monoisotopic (exact) mass is 516 g/mol. The van der Waals surface area contributed by atoms with E-state index in [-0.39, 0.29) is 17.9 Å². The lowest BCUT2D eigenvalue weighted by molar-refractivity contribution is -0.132. The Morgan fingerprint density at radius 3 is 2.71 bits per heavy atom. The Morgan fingerprint density at radius 2 is 1.97 bits per heavy atom. The molecule has 1 fully saturated rings. The molecule has 2 aromatic carbocycles. The maximum absolute atomic E-state index is 13.3. The number of amides is 2. The second-order valence-corrected chi connectivity index (χ2v) is 10.3. The number of hydrogen-bond donors (Lipinski definition) is 2. The molecule has 0 saturated carbocycles. The first-order chi connectivity index (χ1) is 18.4. The number of nitrogens with zero attached hydrogens (tertiary/aromatic N) is 2. The number of aryl methyl sites for hydroxylation is 2. The van der Waals surface area contributed by atoms with Crippen molar-refractivity contribution in [3.8, 4) is 0 Å². The number of nitrogens with two attached hydrogens (primary N) is 1. The zero-order chi connectivity index (χ0) is 27.1. The van der Waals surface area contributed by atoms with Crippen molar-refractivity contribution in [1.29, 1.82) is 0 Å². The van der Waals surface area contributed by atoms with Crippen LogP contribution in [0.4, 0.5) is 5.69 Å². The smallest absolute Gasteiger partial charge is 0.247 e. The molecule has 2 atom stereocenters. The Kier molecular flexibility index (Phi) is 9.37. The van der Waals surface area contributed by atoms with Gasteiger partial charge in [-0.3, -0.25) is 9.59 Å². The minimum absolute atomic E-state index is 0.122. The predicted octanol–water partition coefficient (Wildman–Crippen LogP) is 4.78. The number of carbonyl (C=O) groups is 2. The molecule has 2 heterocycles. The average molecular weight is 517 g/mol. The molecule has 1 aliphatic heterocycles. The standard InChI is InChI=1S/C31H40N4O3/c1-4-29(36)33-26-14-12-23(13-15-26)19-25(32)20-30(37)34-16-7-9-24(21-34)31-22(2)27-10-5-6-11-28(27)35(31)17-8-18-38-3/h4-6,10-15,24-25H,1,7-9,16-21,32H2,2-3H3,(H,33,36)/t24?,25-/m1/s1. The van der Waals surface area contributed by atoms with Crippen molar-refractivity contribution < 1.29 is 14.3 Å². The Morgan fingerprint density at radius 1 is 1.21 bits per heavy atom. The number of para-hydroxylation sites is 1. The number of hydrogen-bond acceptors (Lipinski definition) is 4. The van der Waals surface area contributed by atoms with Gasteiger partial charge < -0.3 is 25.3 Å². The number of anilines is 1. The van der Waals surface area contributed by atoms with Crippen LogP contribution in [0.1, 0.15) is 48.4 Å². The SMILES string of the molecule is C=CC(=O)Nc1ccc(C[C@@H](N)CC(=O)N2CCCC(c3c(C)c4ccccc4n3CCCOC)C2)cc1. The molecule has 0 bridgehead atoms. The molecule has 38 heavy (non-hydrogen) atoms. The molecule has 2 amide bonds. The van der Waals surface area contributed by atoms with Crippen molar-refractivity contribution in [3.05, 3.63) is 78.0 Å². The molecule has 0 aliphatic carbocycles. The lowest BCUT2D eigenvalue weighted by Crippen LogP contribution is -2.42. The Hall–Kier alpha value is -3.42. The van der Waals surface area contributed by atoms with Crippen LogP contribution in [0.15, 0.2) is 61.2 Å². The van der Waals surface area contributed by atoms with Gasteiger partial charge in [-0.2, -0.15) is 0 Å². The maximum Gasteiger partial charge on any atom is 0.247 e. The molecule has 0 radical (unpaired) electrons. The molecular weight excluding hydrogens is 476 g/mol. The molecular formula is C31H40N4O3. The summed E-state index contributed by atoms with van der Waals surface area (Å²) in [5.41, 5.74) is 12.1. The molecule has 1 unspecified atom stereocenters. The number of likely N-dealkylation sites (tertiary alicyclic amines) is 1. The van der Waals surface area contributed by atoms with Gasteiger partial charge in [0, 0.05) is 74.0 Å². The largest absolute Gasteiger partial charge is 0.385 e. The van der Waals surface area contributed by atoms with Gasteiger partial charge in [0.15, 0.2) is 0 Å². The highest BCUT2D eigenvalue weighted by Gasteiger charge is 2.29. The molecule has 1 aromatic heterocycles. The Balaban J connectivity index is 1.41. The molecule has 7 nitrogen and oxygen atoms in total. The minimum Gasteiger partial charge on any atom is -0.385 e. The first-order valence-electron chi connectivity index (χ1n) is 13.5. The van der Waals surface area contributed by atoms with Crippen molar-refractivity contribution in [2.75, 3.05) is 32.1 Å². The summed E-state index contributed by atoms with van der Waals surface area (Å²) in [5, 5.41) is 4.03. The summed E-state index contributed by atoms with van der Waals surface area (Å²) in [7, 11) is 1.74. The number of ether oxygens (including phenoxy) is 1. The molecule has 1 aliphatic rings. The minimum atomic E-state index is -0.265. The van der Waals surface area contributed by atoms with Gasteiger partial charge in [0.25, 0.3) is 0 Å². The average Bonchev–Trinajstić information content (AvgIpc) is 3.21. The second-order valence-electron chi connectivity index (χ2n) is 10.3. The van der Waals surface area contributed by atoms with Gasteiger partial charge in [-0.1, -0.05) is 36.9 Å². The van der Waals surface area contributed by atoms with Crippen molar-refractivity contribution >= 4 is 28.4 Å². The van der Waals surface area contributed by atoms with Crippen LogP contribution in [0.2, 0.25) is 0 Å². The van der Waals surface area contributed by atoms with Gasteiger partial charge in [-0.25, -0.2) is 0 Å². The number of aromatic nitrogens is 1. The Bertz CT molecular complexity index is 1260. The third kappa shape index (κ3) is 6.52. The van der Waals surface area contributed by atoms with Gasteiger partial charge >= 0.3 is 0 Å².